The second-order valence-corrected chi connectivity index (χ2v) is 6.17. The van der Waals surface area contributed by atoms with E-state index in [2.05, 4.69) is 4.72 Å². The lowest BCUT2D eigenvalue weighted by Crippen LogP contribution is -2.44. The quantitative estimate of drug-likeness (QED) is 0.379. The van der Waals surface area contributed by atoms with Gasteiger partial charge >= 0.3 is 0 Å². The Morgan fingerprint density at radius 1 is 1.44 bits per heavy atom. The van der Waals surface area contributed by atoms with Gasteiger partial charge in [-0.1, -0.05) is 13.8 Å². The number of ether oxygens (including phenoxy) is 1. The molecule has 0 saturated heterocycles. The van der Waals surface area contributed by atoms with Gasteiger partial charge in [0.1, 0.15) is 0 Å². The monoisotopic (exact) mass is 280 g/mol. The highest BCUT2D eigenvalue weighted by atomic mass is 32.2. The summed E-state index contributed by atoms with van der Waals surface area (Å²) in [7, 11) is -2.02. The van der Waals surface area contributed by atoms with Crippen LogP contribution in [0.4, 0.5) is 0 Å². The van der Waals surface area contributed by atoms with E-state index in [1.165, 1.54) is 11.4 Å². The number of nitrogens with two attached hydrogens (primary N) is 1. The van der Waals surface area contributed by atoms with Crippen molar-refractivity contribution < 1.29 is 13.2 Å². The summed E-state index contributed by atoms with van der Waals surface area (Å²) in [5.74, 6) is 0.202. The zero-order valence-corrected chi connectivity index (χ0v) is 12.1. The van der Waals surface area contributed by atoms with Crippen molar-refractivity contribution in [1.82, 2.24) is 9.03 Å². The summed E-state index contributed by atoms with van der Waals surface area (Å²) in [6.07, 6.45) is 0.215. The number of hydrogen-bond donors (Lipinski definition) is 3. The van der Waals surface area contributed by atoms with Crippen LogP contribution in [0.25, 0.3) is 0 Å². The molecule has 0 saturated carbocycles. The number of rotatable bonds is 10. The van der Waals surface area contributed by atoms with E-state index in [1.54, 1.807) is 0 Å². The molecule has 0 aromatic heterocycles. The molecular formula is C10H24N4O3S. The van der Waals surface area contributed by atoms with Crippen molar-refractivity contribution >= 4 is 16.0 Å². The molecule has 0 aliphatic carbocycles. The molecule has 0 aromatic rings. The van der Waals surface area contributed by atoms with Gasteiger partial charge in [-0.05, 0) is 5.92 Å². The first kappa shape index (κ1) is 17.3. The van der Waals surface area contributed by atoms with Gasteiger partial charge in [0.2, 0.25) is 0 Å². The lowest BCUT2D eigenvalue weighted by atomic mass is 10.2. The standard InChI is InChI=1S/C10H24N4O3S/c1-9(2)8-13-18(15,16)14(6-7-17-3)5-4-10(11)12/h9,13H,4-8H2,1-3H3,(H3,11,12). The van der Waals surface area contributed by atoms with Crippen LogP contribution in [-0.2, 0) is 14.9 Å². The Labute approximate surface area is 109 Å². The van der Waals surface area contributed by atoms with Gasteiger partial charge in [-0.2, -0.15) is 12.7 Å². The highest BCUT2D eigenvalue weighted by molar-refractivity contribution is 7.87. The summed E-state index contributed by atoms with van der Waals surface area (Å²) in [5, 5.41) is 7.14. The van der Waals surface area contributed by atoms with Crippen molar-refractivity contribution in [3.05, 3.63) is 0 Å². The summed E-state index contributed by atoms with van der Waals surface area (Å²) in [5.41, 5.74) is 5.25. The van der Waals surface area contributed by atoms with Crippen LogP contribution in [0.5, 0.6) is 0 Å². The molecule has 0 aromatic carbocycles. The molecule has 0 spiro atoms. The van der Waals surface area contributed by atoms with Crippen LogP contribution in [0.15, 0.2) is 0 Å². The Bertz CT molecular complexity index is 343. The third kappa shape index (κ3) is 7.59. The molecule has 18 heavy (non-hydrogen) atoms. The van der Waals surface area contributed by atoms with Gasteiger partial charge in [-0.25, -0.2) is 4.72 Å². The molecule has 0 unspecified atom stereocenters. The summed E-state index contributed by atoms with van der Waals surface area (Å²) >= 11 is 0. The molecule has 0 fully saturated rings. The molecule has 0 radical (unpaired) electrons. The predicted octanol–water partition coefficient (Wildman–Crippen LogP) is -0.249. The van der Waals surface area contributed by atoms with Crippen LogP contribution >= 0.6 is 0 Å². The first-order valence-corrected chi connectivity index (χ1v) is 7.30. The third-order valence-electron chi connectivity index (χ3n) is 2.19. The van der Waals surface area contributed by atoms with Crippen LogP contribution in [0.1, 0.15) is 20.3 Å². The van der Waals surface area contributed by atoms with Crippen molar-refractivity contribution in [2.24, 2.45) is 11.7 Å². The summed E-state index contributed by atoms with van der Waals surface area (Å²) in [6, 6.07) is 0. The Morgan fingerprint density at radius 3 is 2.50 bits per heavy atom. The second-order valence-electron chi connectivity index (χ2n) is 4.41. The van der Waals surface area contributed by atoms with Gasteiger partial charge in [0, 0.05) is 33.2 Å². The van der Waals surface area contributed by atoms with Crippen molar-refractivity contribution in [1.29, 1.82) is 5.41 Å². The maximum absolute atomic E-state index is 12.0. The topological polar surface area (TPSA) is 109 Å². The van der Waals surface area contributed by atoms with Crippen LogP contribution in [-0.4, -0.2) is 51.9 Å². The second kappa shape index (κ2) is 8.41. The lowest BCUT2D eigenvalue weighted by molar-refractivity contribution is 0.179. The Hall–Kier alpha value is -0.700. The van der Waals surface area contributed by atoms with Crippen molar-refractivity contribution in [2.45, 2.75) is 20.3 Å². The predicted molar refractivity (Wildman–Crippen MR) is 71.7 cm³/mol. The average Bonchev–Trinajstić information content (AvgIpc) is 2.26. The maximum atomic E-state index is 12.0. The molecular weight excluding hydrogens is 256 g/mol. The average molecular weight is 280 g/mol. The third-order valence-corrected chi connectivity index (χ3v) is 3.77. The molecule has 0 atom stereocenters. The summed E-state index contributed by atoms with van der Waals surface area (Å²) in [6.45, 7) is 4.98. The van der Waals surface area contributed by atoms with E-state index in [4.69, 9.17) is 15.9 Å². The SMILES string of the molecule is COCCN(CCC(=N)N)S(=O)(=O)NCC(C)C. The molecule has 0 bridgehead atoms. The van der Waals surface area contributed by atoms with Gasteiger partial charge in [0.05, 0.1) is 12.4 Å². The van der Waals surface area contributed by atoms with Crippen LogP contribution in [0.2, 0.25) is 0 Å². The number of nitrogens with one attached hydrogen (secondary N) is 2. The molecule has 0 amide bonds. The Morgan fingerprint density at radius 2 is 2.06 bits per heavy atom. The van der Waals surface area contributed by atoms with E-state index >= 15 is 0 Å². The number of hydrogen-bond acceptors (Lipinski definition) is 4. The van der Waals surface area contributed by atoms with Crippen LogP contribution in [0, 0.1) is 11.3 Å². The van der Waals surface area contributed by atoms with E-state index < -0.39 is 10.2 Å². The van der Waals surface area contributed by atoms with Gasteiger partial charge in [-0.15, -0.1) is 0 Å². The van der Waals surface area contributed by atoms with Gasteiger partial charge in [0.25, 0.3) is 10.2 Å². The fraction of sp³-hybridized carbons (Fsp3) is 0.900. The van der Waals surface area contributed by atoms with Gasteiger partial charge < -0.3 is 10.5 Å². The largest absolute Gasteiger partial charge is 0.388 e. The number of nitrogens with zero attached hydrogens (tertiary/aromatic N) is 1. The Kier molecular flexibility index (Phi) is 8.08. The minimum atomic E-state index is -3.53. The maximum Gasteiger partial charge on any atom is 0.279 e. The molecule has 7 nitrogen and oxygen atoms in total. The molecule has 0 rings (SSSR count). The first-order valence-electron chi connectivity index (χ1n) is 5.86. The zero-order chi connectivity index (χ0) is 14.2. The minimum Gasteiger partial charge on any atom is -0.388 e. The fourth-order valence-electron chi connectivity index (χ4n) is 1.15. The van der Waals surface area contributed by atoms with E-state index in [9.17, 15) is 8.42 Å². The normalized spacial score (nSPS) is 12.3. The van der Waals surface area contributed by atoms with Crippen LogP contribution in [0.3, 0.4) is 0 Å². The molecule has 108 valence electrons. The fourth-order valence-corrected chi connectivity index (χ4v) is 2.53. The van der Waals surface area contributed by atoms with Crippen molar-refractivity contribution in [3.63, 3.8) is 0 Å². The van der Waals surface area contributed by atoms with E-state index in [0.717, 1.165) is 0 Å². The zero-order valence-electron chi connectivity index (χ0n) is 11.3. The van der Waals surface area contributed by atoms with Crippen molar-refractivity contribution in [2.75, 3.05) is 33.4 Å². The summed E-state index contributed by atoms with van der Waals surface area (Å²) < 4.78 is 32.7. The number of methoxy groups -OCH3 is 1. The smallest absolute Gasteiger partial charge is 0.279 e. The molecule has 8 heteroatoms. The first-order chi connectivity index (χ1) is 8.29. The van der Waals surface area contributed by atoms with Crippen molar-refractivity contribution in [3.8, 4) is 0 Å². The molecule has 4 N–H and O–H groups in total. The van der Waals surface area contributed by atoms with E-state index in [-0.39, 0.29) is 31.3 Å². The lowest BCUT2D eigenvalue weighted by Gasteiger charge is -2.22. The highest BCUT2D eigenvalue weighted by Gasteiger charge is 2.21. The minimum absolute atomic E-state index is 0.0310. The van der Waals surface area contributed by atoms with Gasteiger partial charge in [-0.3, -0.25) is 5.41 Å². The highest BCUT2D eigenvalue weighted by Crippen LogP contribution is 2.01. The van der Waals surface area contributed by atoms with E-state index in [0.29, 0.717) is 13.2 Å². The number of amidine groups is 1. The summed E-state index contributed by atoms with van der Waals surface area (Å²) in [4.78, 5) is 0. The van der Waals surface area contributed by atoms with Gasteiger partial charge in [0.15, 0.2) is 0 Å². The van der Waals surface area contributed by atoms with E-state index in [1.807, 2.05) is 13.8 Å². The molecule has 0 aliphatic heterocycles. The molecule has 0 aliphatic rings. The van der Waals surface area contributed by atoms with Crippen LogP contribution < -0.4 is 10.5 Å². The Balaban J connectivity index is 4.54. The molecule has 0 heterocycles.